The third kappa shape index (κ3) is 3.60. The number of carbonyl (C=O) groups excluding carboxylic acids is 4. The number of anilines is 1. The standard InChI is InChI=1S/C22H15N3O6/c23-19-18-15(20(28)24-21(18)29)10-17(27)25(19)14-8-6-13(7-9-14)22(30)31-11-16(26)12-4-2-1-3-5-12/h1-10H,11,23H2,(H,24,28,29). The third-order valence-corrected chi connectivity index (χ3v) is 4.74. The number of aromatic nitrogens is 1. The minimum atomic E-state index is -0.713. The van der Waals surface area contributed by atoms with Crippen molar-refractivity contribution in [3.8, 4) is 5.69 Å². The normalized spacial score (nSPS) is 12.3. The van der Waals surface area contributed by atoms with Crippen LogP contribution in [0.15, 0.2) is 65.5 Å². The average molecular weight is 417 g/mol. The van der Waals surface area contributed by atoms with E-state index in [1.165, 1.54) is 24.3 Å². The molecular weight excluding hydrogens is 402 g/mol. The van der Waals surface area contributed by atoms with E-state index in [1.54, 1.807) is 30.3 Å². The van der Waals surface area contributed by atoms with Crippen molar-refractivity contribution in [2.75, 3.05) is 12.3 Å². The summed E-state index contributed by atoms with van der Waals surface area (Å²) < 4.78 is 6.11. The van der Waals surface area contributed by atoms with Crippen LogP contribution in [0.3, 0.4) is 0 Å². The Balaban J connectivity index is 1.54. The Kier molecular flexibility index (Phi) is 4.92. The van der Waals surface area contributed by atoms with Gasteiger partial charge in [-0.05, 0) is 24.3 Å². The van der Waals surface area contributed by atoms with Crippen molar-refractivity contribution in [2.45, 2.75) is 0 Å². The second kappa shape index (κ2) is 7.71. The van der Waals surface area contributed by atoms with Gasteiger partial charge in [0.05, 0.1) is 22.4 Å². The van der Waals surface area contributed by atoms with Gasteiger partial charge in [-0.15, -0.1) is 0 Å². The predicted octanol–water partition coefficient (Wildman–Crippen LogP) is 1.34. The van der Waals surface area contributed by atoms with Gasteiger partial charge in [0.25, 0.3) is 17.4 Å². The molecule has 0 fully saturated rings. The average Bonchev–Trinajstić information content (AvgIpc) is 3.06. The van der Waals surface area contributed by atoms with E-state index >= 15 is 0 Å². The maximum atomic E-state index is 12.4. The molecular formula is C22H15N3O6. The first kappa shape index (κ1) is 19.8. The van der Waals surface area contributed by atoms with Crippen LogP contribution in [-0.4, -0.2) is 34.7 Å². The van der Waals surface area contributed by atoms with Crippen molar-refractivity contribution < 1.29 is 23.9 Å². The van der Waals surface area contributed by atoms with Crippen LogP contribution in [0.4, 0.5) is 5.82 Å². The Labute approximate surface area is 175 Å². The van der Waals surface area contributed by atoms with Crippen LogP contribution >= 0.6 is 0 Å². The fourth-order valence-corrected chi connectivity index (χ4v) is 3.21. The first-order chi connectivity index (χ1) is 14.9. The van der Waals surface area contributed by atoms with Crippen molar-refractivity contribution >= 4 is 29.4 Å². The monoisotopic (exact) mass is 417 g/mol. The number of rotatable bonds is 5. The largest absolute Gasteiger partial charge is 0.454 e. The summed E-state index contributed by atoms with van der Waals surface area (Å²) in [5.41, 5.74) is 6.09. The maximum absolute atomic E-state index is 12.4. The van der Waals surface area contributed by atoms with Gasteiger partial charge >= 0.3 is 5.97 Å². The van der Waals surface area contributed by atoms with E-state index in [0.29, 0.717) is 5.56 Å². The number of hydrogen-bond donors (Lipinski definition) is 2. The molecule has 0 unspecified atom stereocenters. The number of esters is 1. The fraction of sp³-hybridized carbons (Fsp3) is 0.0455. The molecule has 0 aliphatic carbocycles. The van der Waals surface area contributed by atoms with E-state index < -0.39 is 29.9 Å². The smallest absolute Gasteiger partial charge is 0.338 e. The number of pyridine rings is 1. The Morgan fingerprint density at radius 3 is 2.26 bits per heavy atom. The number of amides is 2. The molecule has 3 N–H and O–H groups in total. The summed E-state index contributed by atoms with van der Waals surface area (Å²) in [6.45, 7) is -0.412. The summed E-state index contributed by atoms with van der Waals surface area (Å²) >= 11 is 0. The highest BCUT2D eigenvalue weighted by Crippen LogP contribution is 2.23. The van der Waals surface area contributed by atoms with Crippen LogP contribution < -0.4 is 16.6 Å². The van der Waals surface area contributed by atoms with E-state index in [0.717, 1.165) is 10.6 Å². The minimum absolute atomic E-state index is 0.0764. The van der Waals surface area contributed by atoms with Crippen LogP contribution in [0.1, 0.15) is 41.4 Å². The zero-order valence-electron chi connectivity index (χ0n) is 16.0. The lowest BCUT2D eigenvalue weighted by atomic mass is 10.1. The van der Waals surface area contributed by atoms with Crippen LogP contribution in [0.2, 0.25) is 0 Å². The highest BCUT2D eigenvalue weighted by molar-refractivity contribution is 6.23. The molecule has 4 rings (SSSR count). The lowest BCUT2D eigenvalue weighted by molar-refractivity contribution is 0.0474. The molecule has 154 valence electrons. The van der Waals surface area contributed by atoms with Gasteiger partial charge in [0.2, 0.25) is 0 Å². The number of imide groups is 1. The summed E-state index contributed by atoms with van der Waals surface area (Å²) in [7, 11) is 0. The Bertz CT molecular complexity index is 1290. The zero-order valence-corrected chi connectivity index (χ0v) is 16.0. The topological polar surface area (TPSA) is 138 Å². The van der Waals surface area contributed by atoms with E-state index in [4.69, 9.17) is 10.5 Å². The van der Waals surface area contributed by atoms with E-state index in [2.05, 4.69) is 5.32 Å². The Morgan fingerprint density at radius 2 is 1.58 bits per heavy atom. The van der Waals surface area contributed by atoms with Gasteiger partial charge in [-0.3, -0.25) is 29.1 Å². The van der Waals surface area contributed by atoms with Crippen LogP contribution in [0, 0.1) is 0 Å². The summed E-state index contributed by atoms with van der Waals surface area (Å²) in [6.07, 6.45) is 0. The van der Waals surface area contributed by atoms with Crippen LogP contribution in [0.25, 0.3) is 5.69 Å². The first-order valence-electron chi connectivity index (χ1n) is 9.14. The van der Waals surface area contributed by atoms with Gasteiger partial charge in [0, 0.05) is 11.6 Å². The van der Waals surface area contributed by atoms with Gasteiger partial charge in [0.15, 0.2) is 12.4 Å². The Hall–Kier alpha value is -4.53. The number of nitrogens with zero attached hydrogens (tertiary/aromatic N) is 1. The second-order valence-electron chi connectivity index (χ2n) is 6.69. The molecule has 0 atom stereocenters. The molecule has 3 aromatic rings. The molecule has 0 saturated carbocycles. The lowest BCUT2D eigenvalue weighted by Gasteiger charge is -2.12. The molecule has 1 aliphatic rings. The van der Waals surface area contributed by atoms with Crippen molar-refractivity contribution in [3.63, 3.8) is 0 Å². The number of ether oxygens (including phenoxy) is 1. The van der Waals surface area contributed by atoms with E-state index in [1.807, 2.05) is 0 Å². The van der Waals surface area contributed by atoms with Gasteiger partial charge in [-0.2, -0.15) is 0 Å². The molecule has 0 bridgehead atoms. The zero-order chi connectivity index (χ0) is 22.1. The van der Waals surface area contributed by atoms with Crippen molar-refractivity contribution in [2.24, 2.45) is 0 Å². The molecule has 9 heteroatoms. The number of Topliss-reactive ketones (excluding diaryl/α,β-unsaturated/α-hetero) is 1. The molecule has 2 amide bonds. The number of nitrogen functional groups attached to an aromatic ring is 1. The van der Waals surface area contributed by atoms with Gasteiger partial charge < -0.3 is 10.5 Å². The fourth-order valence-electron chi connectivity index (χ4n) is 3.21. The molecule has 1 aliphatic heterocycles. The van der Waals surface area contributed by atoms with Crippen molar-refractivity contribution in [3.05, 3.63) is 93.3 Å². The quantitative estimate of drug-likeness (QED) is 0.363. The van der Waals surface area contributed by atoms with Crippen LogP contribution in [-0.2, 0) is 4.74 Å². The van der Waals surface area contributed by atoms with Crippen molar-refractivity contribution in [1.82, 2.24) is 9.88 Å². The summed E-state index contributed by atoms with van der Waals surface area (Å²) in [4.78, 5) is 60.4. The van der Waals surface area contributed by atoms with Gasteiger partial charge in [0.1, 0.15) is 5.82 Å². The number of nitrogens with two attached hydrogens (primary N) is 1. The number of carbonyl (C=O) groups is 4. The minimum Gasteiger partial charge on any atom is -0.454 e. The molecule has 1 aromatic heterocycles. The summed E-state index contributed by atoms with van der Waals surface area (Å²) in [5, 5.41) is 2.09. The van der Waals surface area contributed by atoms with Gasteiger partial charge in [-0.1, -0.05) is 30.3 Å². The summed E-state index contributed by atoms with van der Waals surface area (Å²) in [5.74, 6) is -2.60. The number of nitrogens with one attached hydrogen (secondary N) is 1. The second-order valence-corrected chi connectivity index (χ2v) is 6.69. The molecule has 9 nitrogen and oxygen atoms in total. The number of fused-ring (bicyclic) bond motifs is 1. The molecule has 2 heterocycles. The first-order valence-corrected chi connectivity index (χ1v) is 9.14. The van der Waals surface area contributed by atoms with E-state index in [-0.39, 0.29) is 34.0 Å². The Morgan fingerprint density at radius 1 is 0.903 bits per heavy atom. The maximum Gasteiger partial charge on any atom is 0.338 e. The molecule has 0 radical (unpaired) electrons. The highest BCUT2D eigenvalue weighted by Gasteiger charge is 2.31. The molecule has 2 aromatic carbocycles. The third-order valence-electron chi connectivity index (χ3n) is 4.74. The highest BCUT2D eigenvalue weighted by atomic mass is 16.5. The van der Waals surface area contributed by atoms with E-state index in [9.17, 15) is 24.0 Å². The number of benzene rings is 2. The molecule has 0 spiro atoms. The number of hydrogen-bond acceptors (Lipinski definition) is 7. The van der Waals surface area contributed by atoms with Gasteiger partial charge in [-0.25, -0.2) is 4.79 Å². The lowest BCUT2D eigenvalue weighted by Crippen LogP contribution is -2.24. The van der Waals surface area contributed by atoms with Crippen molar-refractivity contribution in [1.29, 1.82) is 0 Å². The summed E-state index contributed by atoms with van der Waals surface area (Å²) in [6, 6.07) is 15.1. The van der Waals surface area contributed by atoms with Crippen LogP contribution in [0.5, 0.6) is 0 Å². The SMILES string of the molecule is Nc1c2c(cc(=O)n1-c1ccc(C(=O)OCC(=O)c3ccccc3)cc1)C(=O)NC2=O. The molecule has 31 heavy (non-hydrogen) atoms. The number of ketones is 1. The predicted molar refractivity (Wildman–Crippen MR) is 109 cm³/mol. The molecule has 0 saturated heterocycles.